The van der Waals surface area contributed by atoms with Crippen molar-refractivity contribution in [2.24, 2.45) is 11.8 Å². The van der Waals surface area contributed by atoms with E-state index in [1.54, 1.807) is 0 Å². The van der Waals surface area contributed by atoms with Crippen molar-refractivity contribution in [3.05, 3.63) is 127 Å². The van der Waals surface area contributed by atoms with Crippen LogP contribution in [-0.4, -0.2) is 15.9 Å². The van der Waals surface area contributed by atoms with Gasteiger partial charge in [0.05, 0.1) is 11.3 Å². The Labute approximate surface area is 276 Å². The number of ketones is 1. The maximum Gasteiger partial charge on any atom is 0.162 e. The average molecular weight is 761 g/mol. The van der Waals surface area contributed by atoms with Crippen molar-refractivity contribution in [2.45, 2.75) is 53.4 Å². The van der Waals surface area contributed by atoms with Crippen LogP contribution in [0.1, 0.15) is 53.4 Å². The summed E-state index contributed by atoms with van der Waals surface area (Å²) >= 11 is 0. The van der Waals surface area contributed by atoms with Gasteiger partial charge in [0.25, 0.3) is 0 Å². The SMILES string of the molecule is CCC(CC)C(=O)/C=C(\O)C(CC)CC.[Ir].[c-]1ccc(-c2ccc(-c3ccccc3)cc2)cc1-c1ccc2ccccc2n1. The topological polar surface area (TPSA) is 50.2 Å². The number of aliphatic hydroxyl groups is 1. The molecule has 5 aromatic rings. The van der Waals surface area contributed by atoms with E-state index in [0.717, 1.165) is 47.8 Å². The van der Waals surface area contributed by atoms with Crippen LogP contribution >= 0.6 is 0 Å². The van der Waals surface area contributed by atoms with Gasteiger partial charge in [0.2, 0.25) is 0 Å². The van der Waals surface area contributed by atoms with Crippen molar-refractivity contribution in [3.8, 4) is 33.5 Å². The van der Waals surface area contributed by atoms with Gasteiger partial charge >= 0.3 is 0 Å². The first-order valence-electron chi connectivity index (χ1n) is 15.4. The van der Waals surface area contributed by atoms with Gasteiger partial charge in [-0.15, -0.1) is 35.4 Å². The first kappa shape index (κ1) is 34.6. The van der Waals surface area contributed by atoms with Gasteiger partial charge < -0.3 is 5.11 Å². The summed E-state index contributed by atoms with van der Waals surface area (Å²) in [5, 5.41) is 10.9. The van der Waals surface area contributed by atoms with E-state index < -0.39 is 0 Å². The van der Waals surface area contributed by atoms with Crippen LogP contribution in [0, 0.1) is 17.9 Å². The minimum atomic E-state index is 0. The smallest absolute Gasteiger partial charge is 0.162 e. The number of carbonyl (C=O) groups is 1. The molecule has 0 amide bonds. The summed E-state index contributed by atoms with van der Waals surface area (Å²) in [6, 6.07) is 41.1. The molecule has 5 rings (SSSR count). The molecule has 0 atom stereocenters. The van der Waals surface area contributed by atoms with Gasteiger partial charge in [0.1, 0.15) is 0 Å². The fourth-order valence-corrected chi connectivity index (χ4v) is 5.28. The number of allylic oxidation sites excluding steroid dienone is 2. The number of nitrogens with zero attached hydrogens (tertiary/aromatic N) is 1. The van der Waals surface area contributed by atoms with Crippen molar-refractivity contribution in [1.29, 1.82) is 0 Å². The number of aliphatic hydroxyl groups excluding tert-OH is 1. The number of fused-ring (bicyclic) bond motifs is 1. The Hall–Kier alpha value is -3.85. The van der Waals surface area contributed by atoms with E-state index in [9.17, 15) is 9.90 Å². The first-order valence-corrected chi connectivity index (χ1v) is 15.4. The Balaban J connectivity index is 0.000000286. The summed E-state index contributed by atoms with van der Waals surface area (Å²) in [6.45, 7) is 8.07. The molecule has 0 saturated heterocycles. The maximum atomic E-state index is 11.7. The Morgan fingerprint density at radius 1 is 0.705 bits per heavy atom. The summed E-state index contributed by atoms with van der Waals surface area (Å²) in [6.07, 6.45) is 4.91. The molecule has 0 fully saturated rings. The van der Waals surface area contributed by atoms with Crippen molar-refractivity contribution >= 4 is 16.7 Å². The van der Waals surface area contributed by atoms with Crippen LogP contribution in [0.5, 0.6) is 0 Å². The molecule has 3 nitrogen and oxygen atoms in total. The van der Waals surface area contributed by atoms with E-state index in [4.69, 9.17) is 4.98 Å². The van der Waals surface area contributed by atoms with E-state index in [-0.39, 0.29) is 43.5 Å². The Kier molecular flexibility index (Phi) is 13.7. The molecule has 4 heteroatoms. The zero-order chi connectivity index (χ0) is 30.6. The average Bonchev–Trinajstić information content (AvgIpc) is 3.06. The van der Waals surface area contributed by atoms with Crippen molar-refractivity contribution < 1.29 is 30.0 Å². The predicted molar refractivity (Wildman–Crippen MR) is 181 cm³/mol. The van der Waals surface area contributed by atoms with Crippen LogP contribution in [-0.2, 0) is 24.9 Å². The minimum absolute atomic E-state index is 0. The van der Waals surface area contributed by atoms with Crippen molar-refractivity contribution in [1.82, 2.24) is 4.98 Å². The van der Waals surface area contributed by atoms with Crippen LogP contribution < -0.4 is 0 Å². The predicted octanol–water partition coefficient (Wildman–Crippen LogP) is 10.9. The zero-order valence-corrected chi connectivity index (χ0v) is 28.5. The van der Waals surface area contributed by atoms with Crippen molar-refractivity contribution in [2.75, 3.05) is 0 Å². The van der Waals surface area contributed by atoms with Gasteiger partial charge in [-0.3, -0.25) is 9.78 Å². The molecule has 1 N–H and O–H groups in total. The van der Waals surface area contributed by atoms with Crippen molar-refractivity contribution in [3.63, 3.8) is 0 Å². The summed E-state index contributed by atoms with van der Waals surface area (Å²) < 4.78 is 0. The Morgan fingerprint density at radius 3 is 1.91 bits per heavy atom. The zero-order valence-electron chi connectivity index (χ0n) is 26.1. The van der Waals surface area contributed by atoms with Crippen LogP contribution in [0.15, 0.2) is 121 Å². The van der Waals surface area contributed by atoms with E-state index in [1.165, 1.54) is 28.3 Å². The largest absolute Gasteiger partial charge is 0.512 e. The molecule has 0 spiro atoms. The fraction of sp³-hybridized carbons (Fsp3) is 0.250. The molecule has 44 heavy (non-hydrogen) atoms. The maximum absolute atomic E-state index is 11.7. The van der Waals surface area contributed by atoms with Crippen LogP contribution in [0.4, 0.5) is 0 Å². The molecule has 1 heterocycles. The monoisotopic (exact) mass is 761 g/mol. The second-order valence-corrected chi connectivity index (χ2v) is 10.8. The standard InChI is InChI=1S/C27H18N.C13H24O2.Ir/c1-2-7-20(8-3-1)21-13-15-22(16-14-21)24-10-6-11-25(19-24)27-18-17-23-9-4-5-12-26(23)28-27;1-5-10(6-2)12(14)9-13(15)11(7-3)8-4;/h1-10,12-19H;9-11,14H,5-8H2,1-4H3;/q-1;;/b;12-9-;. The number of hydrogen-bond acceptors (Lipinski definition) is 3. The molecule has 0 aliphatic carbocycles. The molecule has 229 valence electrons. The van der Waals surface area contributed by atoms with E-state index in [0.29, 0.717) is 0 Å². The molecule has 0 saturated carbocycles. The van der Waals surface area contributed by atoms with Crippen LogP contribution in [0.2, 0.25) is 0 Å². The van der Waals surface area contributed by atoms with E-state index >= 15 is 0 Å². The summed E-state index contributed by atoms with van der Waals surface area (Å²) in [7, 11) is 0. The Bertz CT molecular complexity index is 1640. The second kappa shape index (κ2) is 17.4. The third kappa shape index (κ3) is 9.08. The van der Waals surface area contributed by atoms with Crippen LogP contribution in [0.3, 0.4) is 0 Å². The number of rotatable bonds is 10. The quantitative estimate of drug-likeness (QED) is 0.0876. The molecule has 4 aromatic carbocycles. The van der Waals surface area contributed by atoms with Gasteiger partial charge in [0.15, 0.2) is 5.78 Å². The minimum Gasteiger partial charge on any atom is -0.512 e. The summed E-state index contributed by atoms with van der Waals surface area (Å²) in [5.74, 6) is 0.547. The molecule has 0 unspecified atom stereocenters. The molecule has 1 radical (unpaired) electrons. The van der Waals surface area contributed by atoms with E-state index in [2.05, 4.69) is 84.9 Å². The van der Waals surface area contributed by atoms with Gasteiger partial charge in [0, 0.05) is 38.0 Å². The first-order chi connectivity index (χ1) is 21.0. The molecular formula is C40H42IrNO2-. The summed E-state index contributed by atoms with van der Waals surface area (Å²) in [5.41, 5.74) is 7.78. The molecule has 1 aromatic heterocycles. The number of benzene rings is 4. The molecule has 0 aliphatic heterocycles. The second-order valence-electron chi connectivity index (χ2n) is 10.8. The normalized spacial score (nSPS) is 11.2. The number of carbonyl (C=O) groups excluding carboxylic acids is 1. The fourth-order valence-electron chi connectivity index (χ4n) is 5.28. The van der Waals surface area contributed by atoms with Crippen LogP contribution in [0.25, 0.3) is 44.4 Å². The van der Waals surface area contributed by atoms with Gasteiger partial charge in [-0.1, -0.05) is 113 Å². The number of aromatic nitrogens is 1. The van der Waals surface area contributed by atoms with E-state index in [1.807, 2.05) is 58.0 Å². The van der Waals surface area contributed by atoms with Gasteiger partial charge in [-0.2, -0.15) is 0 Å². The third-order valence-electron chi connectivity index (χ3n) is 8.08. The number of hydrogen-bond donors (Lipinski definition) is 1. The molecular weight excluding hydrogens is 719 g/mol. The molecule has 0 bridgehead atoms. The summed E-state index contributed by atoms with van der Waals surface area (Å²) in [4.78, 5) is 16.5. The number of pyridine rings is 1. The van der Waals surface area contributed by atoms with Gasteiger partial charge in [-0.25, -0.2) is 0 Å². The third-order valence-corrected chi connectivity index (χ3v) is 8.08. The molecule has 0 aliphatic rings. The Morgan fingerprint density at radius 2 is 1.27 bits per heavy atom. The van der Waals surface area contributed by atoms with Gasteiger partial charge in [-0.05, 0) is 59.5 Å². The number of para-hydroxylation sites is 1.